The molecule has 4 rings (SSSR count). The lowest BCUT2D eigenvalue weighted by atomic mass is 9.89. The molecule has 0 spiro atoms. The number of aromatic nitrogens is 2. The van der Waals surface area contributed by atoms with E-state index in [4.69, 9.17) is 11.6 Å². The van der Waals surface area contributed by atoms with Gasteiger partial charge in [-0.1, -0.05) is 55.1 Å². The molecule has 3 nitrogen and oxygen atoms in total. The number of hydrogen-bond donors (Lipinski definition) is 2. The average molecular weight is 390 g/mol. The van der Waals surface area contributed by atoms with Gasteiger partial charge >= 0.3 is 0 Å². The van der Waals surface area contributed by atoms with Crippen LogP contribution >= 0.6 is 24.0 Å². The van der Waals surface area contributed by atoms with Crippen molar-refractivity contribution in [3.63, 3.8) is 0 Å². The molecule has 0 bridgehead atoms. The van der Waals surface area contributed by atoms with Gasteiger partial charge in [0.05, 0.1) is 22.4 Å². The maximum atomic E-state index is 6.44. The SMILES string of the molecule is Cl.Clc1cc2[nH]cnc2cc1-c1ccc(CNCC2CCCCC2)cc1. The Labute approximate surface area is 166 Å². The summed E-state index contributed by atoms with van der Waals surface area (Å²) in [5.74, 6) is 0.868. The van der Waals surface area contributed by atoms with Gasteiger partial charge in [-0.15, -0.1) is 12.4 Å². The number of aromatic amines is 1. The highest BCUT2D eigenvalue weighted by molar-refractivity contribution is 6.34. The minimum Gasteiger partial charge on any atom is -0.345 e. The fourth-order valence-corrected chi connectivity index (χ4v) is 4.06. The second-order valence-corrected chi connectivity index (χ2v) is 7.49. The molecule has 0 aliphatic heterocycles. The molecular formula is C21H25Cl2N3. The highest BCUT2D eigenvalue weighted by Gasteiger charge is 2.12. The van der Waals surface area contributed by atoms with Gasteiger partial charge < -0.3 is 10.3 Å². The van der Waals surface area contributed by atoms with E-state index in [1.54, 1.807) is 6.33 Å². The smallest absolute Gasteiger partial charge is 0.0931 e. The van der Waals surface area contributed by atoms with Gasteiger partial charge in [-0.25, -0.2) is 4.98 Å². The van der Waals surface area contributed by atoms with Gasteiger partial charge in [-0.05, 0) is 48.6 Å². The summed E-state index contributed by atoms with van der Waals surface area (Å²) in [6.45, 7) is 2.08. The first-order valence-electron chi connectivity index (χ1n) is 9.22. The van der Waals surface area contributed by atoms with Gasteiger partial charge in [0.1, 0.15) is 0 Å². The lowest BCUT2D eigenvalue weighted by Gasteiger charge is -2.21. The molecule has 1 aliphatic carbocycles. The molecule has 1 aromatic heterocycles. The number of benzene rings is 2. The van der Waals surface area contributed by atoms with Crippen molar-refractivity contribution < 1.29 is 0 Å². The van der Waals surface area contributed by atoms with Crippen LogP contribution in [0.1, 0.15) is 37.7 Å². The first-order valence-corrected chi connectivity index (χ1v) is 9.60. The normalized spacial score (nSPS) is 15.1. The summed E-state index contributed by atoms with van der Waals surface area (Å²) in [6, 6.07) is 12.7. The van der Waals surface area contributed by atoms with Crippen molar-refractivity contribution in [3.05, 3.63) is 53.3 Å². The summed E-state index contributed by atoms with van der Waals surface area (Å²) < 4.78 is 0. The van der Waals surface area contributed by atoms with Crippen LogP contribution in [0.3, 0.4) is 0 Å². The topological polar surface area (TPSA) is 40.7 Å². The molecule has 0 radical (unpaired) electrons. The van der Waals surface area contributed by atoms with Gasteiger partial charge in [-0.3, -0.25) is 0 Å². The first kappa shape index (κ1) is 19.2. The Bertz CT molecular complexity index is 836. The Morgan fingerprint density at radius 1 is 1.08 bits per heavy atom. The van der Waals surface area contributed by atoms with E-state index in [2.05, 4.69) is 39.6 Å². The number of fused-ring (bicyclic) bond motifs is 1. The van der Waals surface area contributed by atoms with Gasteiger partial charge in [0, 0.05) is 12.1 Å². The minimum absolute atomic E-state index is 0. The third-order valence-corrected chi connectivity index (χ3v) is 5.57. The molecule has 0 atom stereocenters. The Hall–Kier alpha value is -1.55. The Kier molecular flexibility index (Phi) is 6.58. The summed E-state index contributed by atoms with van der Waals surface area (Å²) >= 11 is 6.44. The van der Waals surface area contributed by atoms with Crippen LogP contribution in [0, 0.1) is 5.92 Å². The Balaban J connectivity index is 0.00000196. The molecule has 26 heavy (non-hydrogen) atoms. The van der Waals surface area contributed by atoms with E-state index in [1.165, 1.54) is 37.7 Å². The van der Waals surface area contributed by atoms with E-state index >= 15 is 0 Å². The van der Waals surface area contributed by atoms with Gasteiger partial charge in [-0.2, -0.15) is 0 Å². The highest BCUT2D eigenvalue weighted by atomic mass is 35.5. The van der Waals surface area contributed by atoms with Crippen LogP contribution in [0.15, 0.2) is 42.7 Å². The number of rotatable bonds is 5. The molecule has 2 aromatic carbocycles. The van der Waals surface area contributed by atoms with Gasteiger partial charge in [0.15, 0.2) is 0 Å². The summed E-state index contributed by atoms with van der Waals surface area (Å²) in [5.41, 5.74) is 5.39. The summed E-state index contributed by atoms with van der Waals surface area (Å²) in [5, 5.41) is 4.37. The standard InChI is InChI=1S/C21H24ClN3.ClH/c22-19-11-21-20(24-14-25-21)10-18(19)17-8-6-16(7-9-17)13-23-12-15-4-2-1-3-5-15;/h6-11,14-15,23H,1-5,12-13H2,(H,24,25);1H. The lowest BCUT2D eigenvalue weighted by molar-refractivity contribution is 0.342. The monoisotopic (exact) mass is 389 g/mol. The number of H-pyrrole nitrogens is 1. The Morgan fingerprint density at radius 2 is 1.85 bits per heavy atom. The summed E-state index contributed by atoms with van der Waals surface area (Å²) in [7, 11) is 0. The minimum atomic E-state index is 0. The number of nitrogens with one attached hydrogen (secondary N) is 2. The van der Waals surface area contributed by atoms with Crippen molar-refractivity contribution >= 4 is 35.0 Å². The Morgan fingerprint density at radius 3 is 2.62 bits per heavy atom. The van der Waals surface area contributed by atoms with E-state index in [9.17, 15) is 0 Å². The van der Waals surface area contributed by atoms with Crippen molar-refractivity contribution in [2.75, 3.05) is 6.54 Å². The molecule has 1 heterocycles. The number of halogens is 2. The molecular weight excluding hydrogens is 365 g/mol. The zero-order valence-corrected chi connectivity index (χ0v) is 16.4. The molecule has 1 fully saturated rings. The van der Waals surface area contributed by atoms with Crippen LogP contribution in [0.2, 0.25) is 5.02 Å². The molecule has 138 valence electrons. The lowest BCUT2D eigenvalue weighted by Crippen LogP contribution is -2.24. The molecule has 3 aromatic rings. The maximum Gasteiger partial charge on any atom is 0.0931 e. The van der Waals surface area contributed by atoms with E-state index in [1.807, 2.05) is 12.1 Å². The van der Waals surface area contributed by atoms with E-state index in [0.717, 1.165) is 46.2 Å². The number of hydrogen-bond acceptors (Lipinski definition) is 2. The molecule has 2 N–H and O–H groups in total. The van der Waals surface area contributed by atoms with Crippen molar-refractivity contribution in [2.24, 2.45) is 5.92 Å². The number of nitrogens with zero attached hydrogens (tertiary/aromatic N) is 1. The maximum absolute atomic E-state index is 6.44. The van der Waals surface area contributed by atoms with Crippen LogP contribution in [-0.2, 0) is 6.54 Å². The van der Waals surface area contributed by atoms with Crippen molar-refractivity contribution in [3.8, 4) is 11.1 Å². The fourth-order valence-electron chi connectivity index (χ4n) is 3.79. The molecule has 0 unspecified atom stereocenters. The van der Waals surface area contributed by atoms with E-state index in [0.29, 0.717) is 0 Å². The molecule has 1 aliphatic rings. The predicted molar refractivity (Wildman–Crippen MR) is 112 cm³/mol. The van der Waals surface area contributed by atoms with Crippen molar-refractivity contribution in [2.45, 2.75) is 38.6 Å². The molecule has 0 saturated heterocycles. The number of imidazole rings is 1. The average Bonchev–Trinajstić information content (AvgIpc) is 3.10. The molecule has 0 amide bonds. The summed E-state index contributed by atoms with van der Waals surface area (Å²) in [4.78, 5) is 7.42. The van der Waals surface area contributed by atoms with Crippen molar-refractivity contribution in [1.29, 1.82) is 0 Å². The van der Waals surface area contributed by atoms with Crippen LogP contribution in [-0.4, -0.2) is 16.5 Å². The predicted octanol–water partition coefficient (Wildman–Crippen LogP) is 5.98. The second-order valence-electron chi connectivity index (χ2n) is 7.08. The largest absolute Gasteiger partial charge is 0.345 e. The quantitative estimate of drug-likeness (QED) is 0.563. The van der Waals surface area contributed by atoms with E-state index in [-0.39, 0.29) is 12.4 Å². The van der Waals surface area contributed by atoms with Crippen molar-refractivity contribution in [1.82, 2.24) is 15.3 Å². The van der Waals surface area contributed by atoms with Gasteiger partial charge in [0.2, 0.25) is 0 Å². The molecule has 1 saturated carbocycles. The zero-order valence-electron chi connectivity index (χ0n) is 14.8. The fraction of sp³-hybridized carbons (Fsp3) is 0.381. The summed E-state index contributed by atoms with van der Waals surface area (Å²) in [6.07, 6.45) is 8.71. The molecule has 5 heteroatoms. The third kappa shape index (κ3) is 4.40. The zero-order chi connectivity index (χ0) is 17.1. The second kappa shape index (κ2) is 8.90. The highest BCUT2D eigenvalue weighted by Crippen LogP contribution is 2.31. The van der Waals surface area contributed by atoms with Crippen LogP contribution in [0.25, 0.3) is 22.2 Å². The van der Waals surface area contributed by atoms with E-state index < -0.39 is 0 Å². The van der Waals surface area contributed by atoms with Crippen LogP contribution in [0.5, 0.6) is 0 Å². The third-order valence-electron chi connectivity index (χ3n) is 5.26. The first-order chi connectivity index (χ1) is 12.3. The van der Waals surface area contributed by atoms with Crippen LogP contribution < -0.4 is 5.32 Å². The van der Waals surface area contributed by atoms with Crippen LogP contribution in [0.4, 0.5) is 0 Å². The van der Waals surface area contributed by atoms with Gasteiger partial charge in [0.25, 0.3) is 0 Å².